The highest BCUT2D eigenvalue weighted by Crippen LogP contribution is 2.16. The molecule has 0 spiro atoms. The number of aryl methyl sites for hydroxylation is 2. The predicted octanol–water partition coefficient (Wildman–Crippen LogP) is 3.37. The van der Waals surface area contributed by atoms with Crippen molar-refractivity contribution >= 4 is 29.4 Å². The summed E-state index contributed by atoms with van der Waals surface area (Å²) in [6.07, 6.45) is 3.26. The molecule has 1 amide bonds. The molecule has 1 N–H and O–H groups in total. The molecule has 0 aliphatic rings. The maximum atomic E-state index is 12.4. The molecule has 0 aliphatic heterocycles. The second-order valence-electron chi connectivity index (χ2n) is 5.23. The van der Waals surface area contributed by atoms with Gasteiger partial charge in [0, 0.05) is 6.20 Å². The summed E-state index contributed by atoms with van der Waals surface area (Å²) in [5.41, 5.74) is 6.32. The number of carbonyl (C=O) groups is 1. The number of nitrogens with zero attached hydrogens (tertiary/aromatic N) is 3. The van der Waals surface area contributed by atoms with Crippen LogP contribution in [-0.2, 0) is 0 Å². The molecule has 0 saturated heterocycles. The lowest BCUT2D eigenvalue weighted by Crippen LogP contribution is -2.20. The van der Waals surface area contributed by atoms with E-state index in [9.17, 15) is 4.79 Å². The zero-order valence-electron chi connectivity index (χ0n) is 12.7. The molecule has 6 heteroatoms. The lowest BCUT2D eigenvalue weighted by molar-refractivity contribution is 0.0948. The van der Waals surface area contributed by atoms with Crippen LogP contribution in [0.2, 0.25) is 5.02 Å². The predicted molar refractivity (Wildman–Crippen MR) is 91.2 cm³/mol. The van der Waals surface area contributed by atoms with Gasteiger partial charge in [-0.3, -0.25) is 9.20 Å². The van der Waals surface area contributed by atoms with E-state index in [4.69, 9.17) is 11.6 Å². The van der Waals surface area contributed by atoms with E-state index in [1.807, 2.05) is 31.2 Å². The van der Waals surface area contributed by atoms with E-state index in [2.05, 4.69) is 15.5 Å². The van der Waals surface area contributed by atoms with Gasteiger partial charge in [-0.15, -0.1) is 0 Å². The molecule has 0 atom stereocenters. The van der Waals surface area contributed by atoms with Crippen LogP contribution in [0.25, 0.3) is 5.65 Å². The Morgan fingerprint density at radius 3 is 2.70 bits per heavy atom. The molecule has 0 saturated carbocycles. The number of carbonyl (C=O) groups excluding carboxylic acids is 1. The van der Waals surface area contributed by atoms with Gasteiger partial charge in [-0.05, 0) is 31.5 Å². The molecule has 3 rings (SSSR count). The number of benzene rings is 1. The third kappa shape index (κ3) is 3.24. The standard InChI is InChI=1S/C17H15ClN4O/c1-11-3-5-13(6-4-11)9-19-21-17(23)16-12(2)20-15-8-7-14(18)10-22(15)16/h3-10H,1-2H3,(H,21,23). The SMILES string of the molecule is Cc1ccc(C=NNC(=O)c2c(C)nc3ccc(Cl)cn23)cc1. The van der Waals surface area contributed by atoms with Crippen LogP contribution in [-0.4, -0.2) is 21.5 Å². The van der Waals surface area contributed by atoms with Crippen molar-refractivity contribution in [2.24, 2.45) is 5.10 Å². The van der Waals surface area contributed by atoms with Gasteiger partial charge in [0.15, 0.2) is 0 Å². The van der Waals surface area contributed by atoms with E-state index in [-0.39, 0.29) is 5.91 Å². The van der Waals surface area contributed by atoms with Gasteiger partial charge in [0.25, 0.3) is 5.91 Å². The summed E-state index contributed by atoms with van der Waals surface area (Å²) in [6.45, 7) is 3.79. The molecule has 0 radical (unpaired) electrons. The smallest absolute Gasteiger partial charge is 0.290 e. The molecule has 5 nitrogen and oxygen atoms in total. The van der Waals surface area contributed by atoms with Crippen molar-refractivity contribution in [2.45, 2.75) is 13.8 Å². The molecule has 0 bridgehead atoms. The van der Waals surface area contributed by atoms with Crippen LogP contribution in [0.3, 0.4) is 0 Å². The van der Waals surface area contributed by atoms with Crippen LogP contribution in [0.4, 0.5) is 0 Å². The van der Waals surface area contributed by atoms with E-state index in [0.29, 0.717) is 22.1 Å². The van der Waals surface area contributed by atoms with Crippen molar-refractivity contribution in [3.8, 4) is 0 Å². The largest absolute Gasteiger partial charge is 0.294 e. The summed E-state index contributed by atoms with van der Waals surface area (Å²) in [5, 5.41) is 4.53. The van der Waals surface area contributed by atoms with E-state index in [1.165, 1.54) is 5.56 Å². The zero-order valence-corrected chi connectivity index (χ0v) is 13.5. The fourth-order valence-electron chi connectivity index (χ4n) is 2.28. The number of nitrogens with one attached hydrogen (secondary N) is 1. The average Bonchev–Trinajstić information content (AvgIpc) is 2.84. The van der Waals surface area contributed by atoms with Crippen molar-refractivity contribution in [3.05, 3.63) is 70.1 Å². The van der Waals surface area contributed by atoms with E-state index >= 15 is 0 Å². The van der Waals surface area contributed by atoms with Crippen LogP contribution in [0.5, 0.6) is 0 Å². The number of halogens is 1. The van der Waals surface area contributed by atoms with Crippen molar-refractivity contribution in [3.63, 3.8) is 0 Å². The summed E-state index contributed by atoms with van der Waals surface area (Å²) in [5.74, 6) is -0.333. The highest BCUT2D eigenvalue weighted by atomic mass is 35.5. The quantitative estimate of drug-likeness (QED) is 0.592. The van der Waals surface area contributed by atoms with Gasteiger partial charge in [0.2, 0.25) is 0 Å². The maximum Gasteiger partial charge on any atom is 0.290 e. The number of hydrogen-bond donors (Lipinski definition) is 1. The first-order valence-corrected chi connectivity index (χ1v) is 7.46. The Labute approximate surface area is 138 Å². The van der Waals surface area contributed by atoms with E-state index < -0.39 is 0 Å². The highest BCUT2D eigenvalue weighted by Gasteiger charge is 2.16. The van der Waals surface area contributed by atoms with E-state index in [0.717, 1.165) is 5.56 Å². The van der Waals surface area contributed by atoms with Crippen LogP contribution in [0.1, 0.15) is 27.3 Å². The lowest BCUT2D eigenvalue weighted by atomic mass is 10.2. The Bertz CT molecular complexity index is 897. The molecule has 116 valence electrons. The number of hydrazone groups is 1. The minimum atomic E-state index is -0.333. The Kier molecular flexibility index (Phi) is 4.12. The molecule has 1 aromatic carbocycles. The van der Waals surface area contributed by atoms with Gasteiger partial charge < -0.3 is 0 Å². The molecule has 0 aliphatic carbocycles. The van der Waals surface area contributed by atoms with Crippen LogP contribution in [0, 0.1) is 13.8 Å². The molecule has 2 aromatic heterocycles. The minimum Gasteiger partial charge on any atom is -0.294 e. The summed E-state index contributed by atoms with van der Waals surface area (Å²) >= 11 is 5.99. The molecular formula is C17H15ClN4O. The third-order valence-corrected chi connectivity index (χ3v) is 3.65. The maximum absolute atomic E-state index is 12.4. The minimum absolute atomic E-state index is 0.333. The average molecular weight is 327 g/mol. The topological polar surface area (TPSA) is 58.8 Å². The van der Waals surface area contributed by atoms with Crippen LogP contribution >= 0.6 is 11.6 Å². The summed E-state index contributed by atoms with van der Waals surface area (Å²) < 4.78 is 1.66. The Balaban J connectivity index is 1.82. The highest BCUT2D eigenvalue weighted by molar-refractivity contribution is 6.30. The molecule has 2 heterocycles. The fraction of sp³-hybridized carbons (Fsp3) is 0.118. The zero-order chi connectivity index (χ0) is 16.4. The Morgan fingerprint density at radius 2 is 1.96 bits per heavy atom. The van der Waals surface area contributed by atoms with Gasteiger partial charge in [0.1, 0.15) is 11.3 Å². The van der Waals surface area contributed by atoms with E-state index in [1.54, 1.807) is 35.9 Å². The van der Waals surface area contributed by atoms with Crippen molar-refractivity contribution in [1.82, 2.24) is 14.8 Å². The van der Waals surface area contributed by atoms with Crippen LogP contribution < -0.4 is 5.43 Å². The summed E-state index contributed by atoms with van der Waals surface area (Å²) in [6, 6.07) is 11.3. The molecular weight excluding hydrogens is 312 g/mol. The summed E-state index contributed by atoms with van der Waals surface area (Å²) in [4.78, 5) is 16.7. The number of imidazole rings is 1. The van der Waals surface area contributed by atoms with Crippen molar-refractivity contribution < 1.29 is 4.79 Å². The van der Waals surface area contributed by atoms with Crippen LogP contribution in [0.15, 0.2) is 47.7 Å². The third-order valence-electron chi connectivity index (χ3n) is 3.43. The van der Waals surface area contributed by atoms with Gasteiger partial charge >= 0.3 is 0 Å². The molecule has 0 unspecified atom stereocenters. The Hall–Kier alpha value is -2.66. The second-order valence-corrected chi connectivity index (χ2v) is 5.67. The normalized spacial score (nSPS) is 11.3. The van der Waals surface area contributed by atoms with Crippen molar-refractivity contribution in [2.75, 3.05) is 0 Å². The number of aromatic nitrogens is 2. The van der Waals surface area contributed by atoms with Crippen molar-refractivity contribution in [1.29, 1.82) is 0 Å². The van der Waals surface area contributed by atoms with Gasteiger partial charge in [0.05, 0.1) is 16.9 Å². The number of pyridine rings is 1. The number of amides is 1. The van der Waals surface area contributed by atoms with Gasteiger partial charge in [-0.1, -0.05) is 41.4 Å². The van der Waals surface area contributed by atoms with Gasteiger partial charge in [-0.25, -0.2) is 10.4 Å². The number of rotatable bonds is 3. The van der Waals surface area contributed by atoms with Gasteiger partial charge in [-0.2, -0.15) is 5.10 Å². The molecule has 0 fully saturated rings. The summed E-state index contributed by atoms with van der Waals surface area (Å²) in [7, 11) is 0. The Morgan fingerprint density at radius 1 is 1.22 bits per heavy atom. The first kappa shape index (κ1) is 15.2. The number of hydrogen-bond acceptors (Lipinski definition) is 3. The lowest BCUT2D eigenvalue weighted by Gasteiger charge is -2.02. The monoisotopic (exact) mass is 326 g/mol. The molecule has 23 heavy (non-hydrogen) atoms. The molecule has 3 aromatic rings. The second kappa shape index (κ2) is 6.22. The number of fused-ring (bicyclic) bond motifs is 1. The fourth-order valence-corrected chi connectivity index (χ4v) is 2.44. The first-order valence-electron chi connectivity index (χ1n) is 7.09. The first-order chi connectivity index (χ1) is 11.0.